The number of hydrogen-bond donors (Lipinski definition) is 1. The van der Waals surface area contributed by atoms with Gasteiger partial charge in [0, 0.05) is 12.1 Å². The number of ether oxygens (including phenoxy) is 2. The lowest BCUT2D eigenvalue weighted by molar-refractivity contribution is 0.301. The van der Waals surface area contributed by atoms with Crippen molar-refractivity contribution < 1.29 is 9.47 Å². The summed E-state index contributed by atoms with van der Waals surface area (Å²) in [6.45, 7) is 3.06. The molecule has 100 valence electrons. The van der Waals surface area contributed by atoms with Crippen molar-refractivity contribution in [2.24, 2.45) is 5.73 Å². The highest BCUT2D eigenvalue weighted by Gasteiger charge is 2.05. The Morgan fingerprint density at radius 2 is 1.84 bits per heavy atom. The molecule has 0 atom stereocenters. The minimum Gasteiger partial charge on any atom is -0.497 e. The van der Waals surface area contributed by atoms with Crippen LogP contribution in [-0.4, -0.2) is 7.11 Å². The Balaban J connectivity index is 2.13. The molecule has 2 rings (SSSR count). The highest BCUT2D eigenvalue weighted by atomic mass is 16.5. The van der Waals surface area contributed by atoms with E-state index in [1.165, 1.54) is 11.1 Å². The fourth-order valence-electron chi connectivity index (χ4n) is 1.91. The van der Waals surface area contributed by atoms with Gasteiger partial charge in [0.1, 0.15) is 18.1 Å². The molecule has 0 aliphatic heterocycles. The van der Waals surface area contributed by atoms with Gasteiger partial charge in [-0.3, -0.25) is 0 Å². The van der Waals surface area contributed by atoms with E-state index in [1.807, 2.05) is 30.3 Å². The molecule has 0 spiro atoms. The SMILES string of the molecule is COc1ccc(OCc2ccccc2C)c(CN)c1. The van der Waals surface area contributed by atoms with Crippen LogP contribution >= 0.6 is 0 Å². The third-order valence-electron chi connectivity index (χ3n) is 3.13. The van der Waals surface area contributed by atoms with E-state index in [2.05, 4.69) is 19.1 Å². The highest BCUT2D eigenvalue weighted by Crippen LogP contribution is 2.24. The summed E-state index contributed by atoms with van der Waals surface area (Å²) in [4.78, 5) is 0. The molecule has 0 radical (unpaired) electrons. The molecular formula is C16H19NO2. The molecule has 2 aromatic rings. The van der Waals surface area contributed by atoms with E-state index in [1.54, 1.807) is 7.11 Å². The van der Waals surface area contributed by atoms with Crippen molar-refractivity contribution in [3.63, 3.8) is 0 Å². The van der Waals surface area contributed by atoms with Crippen molar-refractivity contribution in [1.29, 1.82) is 0 Å². The van der Waals surface area contributed by atoms with Crippen LogP contribution in [0.15, 0.2) is 42.5 Å². The van der Waals surface area contributed by atoms with Crippen LogP contribution in [0, 0.1) is 6.92 Å². The molecule has 0 aliphatic rings. The Hall–Kier alpha value is -2.00. The van der Waals surface area contributed by atoms with E-state index in [0.29, 0.717) is 13.2 Å². The second kappa shape index (κ2) is 6.25. The number of nitrogens with two attached hydrogens (primary N) is 1. The van der Waals surface area contributed by atoms with E-state index < -0.39 is 0 Å². The van der Waals surface area contributed by atoms with Crippen LogP contribution < -0.4 is 15.2 Å². The van der Waals surface area contributed by atoms with Gasteiger partial charge >= 0.3 is 0 Å². The van der Waals surface area contributed by atoms with Crippen LogP contribution in [0.1, 0.15) is 16.7 Å². The maximum atomic E-state index is 5.86. The lowest BCUT2D eigenvalue weighted by atomic mass is 10.1. The van der Waals surface area contributed by atoms with E-state index in [-0.39, 0.29) is 0 Å². The van der Waals surface area contributed by atoms with E-state index >= 15 is 0 Å². The Morgan fingerprint density at radius 3 is 2.53 bits per heavy atom. The molecule has 3 heteroatoms. The predicted molar refractivity (Wildman–Crippen MR) is 76.4 cm³/mol. The van der Waals surface area contributed by atoms with Crippen molar-refractivity contribution >= 4 is 0 Å². The second-order valence-electron chi connectivity index (χ2n) is 4.39. The summed E-state index contributed by atoms with van der Waals surface area (Å²) in [5, 5.41) is 0. The molecule has 0 fully saturated rings. The summed E-state index contributed by atoms with van der Waals surface area (Å²) in [5.74, 6) is 1.61. The number of aryl methyl sites for hydroxylation is 1. The molecule has 0 bridgehead atoms. The van der Waals surface area contributed by atoms with E-state index in [0.717, 1.165) is 17.1 Å². The normalized spacial score (nSPS) is 10.3. The average molecular weight is 257 g/mol. The fourth-order valence-corrected chi connectivity index (χ4v) is 1.91. The third-order valence-corrected chi connectivity index (χ3v) is 3.13. The molecule has 0 aromatic heterocycles. The summed E-state index contributed by atoms with van der Waals surface area (Å²) >= 11 is 0. The van der Waals surface area contributed by atoms with Crippen LogP contribution in [0.4, 0.5) is 0 Å². The monoisotopic (exact) mass is 257 g/mol. The molecule has 19 heavy (non-hydrogen) atoms. The Labute approximate surface area is 114 Å². The average Bonchev–Trinajstić information content (AvgIpc) is 2.46. The van der Waals surface area contributed by atoms with Crippen molar-refractivity contribution in [3.8, 4) is 11.5 Å². The van der Waals surface area contributed by atoms with Crippen LogP contribution in [0.2, 0.25) is 0 Å². The summed E-state index contributed by atoms with van der Waals surface area (Å²) in [5.41, 5.74) is 9.10. The summed E-state index contributed by atoms with van der Waals surface area (Å²) in [6, 6.07) is 13.9. The Kier molecular flexibility index (Phi) is 4.42. The first-order valence-corrected chi connectivity index (χ1v) is 6.29. The van der Waals surface area contributed by atoms with Crippen molar-refractivity contribution in [2.45, 2.75) is 20.1 Å². The first kappa shape index (κ1) is 13.4. The molecule has 0 aliphatic carbocycles. The summed E-state index contributed by atoms with van der Waals surface area (Å²) in [6.07, 6.45) is 0. The minimum atomic E-state index is 0.431. The third kappa shape index (κ3) is 3.26. The van der Waals surface area contributed by atoms with Gasteiger partial charge in [0.05, 0.1) is 7.11 Å². The summed E-state index contributed by atoms with van der Waals surface area (Å²) in [7, 11) is 1.64. The number of methoxy groups -OCH3 is 1. The minimum absolute atomic E-state index is 0.431. The quantitative estimate of drug-likeness (QED) is 0.895. The van der Waals surface area contributed by atoms with Crippen molar-refractivity contribution in [3.05, 3.63) is 59.2 Å². The number of rotatable bonds is 5. The van der Waals surface area contributed by atoms with Gasteiger partial charge in [0.2, 0.25) is 0 Å². The molecule has 0 heterocycles. The lowest BCUT2D eigenvalue weighted by Gasteiger charge is -2.13. The zero-order valence-corrected chi connectivity index (χ0v) is 11.3. The van der Waals surface area contributed by atoms with Crippen LogP contribution in [0.5, 0.6) is 11.5 Å². The molecule has 2 aromatic carbocycles. The zero-order valence-electron chi connectivity index (χ0n) is 11.3. The largest absolute Gasteiger partial charge is 0.497 e. The number of hydrogen-bond acceptors (Lipinski definition) is 3. The van der Waals surface area contributed by atoms with Crippen LogP contribution in [-0.2, 0) is 13.2 Å². The second-order valence-corrected chi connectivity index (χ2v) is 4.39. The van der Waals surface area contributed by atoms with Gasteiger partial charge < -0.3 is 15.2 Å². The maximum absolute atomic E-state index is 5.86. The van der Waals surface area contributed by atoms with Gasteiger partial charge in [0.25, 0.3) is 0 Å². The van der Waals surface area contributed by atoms with Gasteiger partial charge in [-0.05, 0) is 36.2 Å². The first-order chi connectivity index (χ1) is 9.24. The molecule has 3 nitrogen and oxygen atoms in total. The molecule has 0 saturated heterocycles. The van der Waals surface area contributed by atoms with Gasteiger partial charge in [-0.2, -0.15) is 0 Å². The topological polar surface area (TPSA) is 44.5 Å². The lowest BCUT2D eigenvalue weighted by Crippen LogP contribution is -2.04. The van der Waals surface area contributed by atoms with Crippen LogP contribution in [0.3, 0.4) is 0 Å². The molecular weight excluding hydrogens is 238 g/mol. The fraction of sp³-hybridized carbons (Fsp3) is 0.250. The first-order valence-electron chi connectivity index (χ1n) is 6.29. The molecule has 0 amide bonds. The van der Waals surface area contributed by atoms with Crippen molar-refractivity contribution in [1.82, 2.24) is 0 Å². The highest BCUT2D eigenvalue weighted by molar-refractivity contribution is 5.40. The smallest absolute Gasteiger partial charge is 0.124 e. The van der Waals surface area contributed by atoms with E-state index in [9.17, 15) is 0 Å². The van der Waals surface area contributed by atoms with Crippen LogP contribution in [0.25, 0.3) is 0 Å². The number of benzene rings is 2. The standard InChI is InChI=1S/C16H19NO2/c1-12-5-3-4-6-13(12)11-19-16-8-7-15(18-2)9-14(16)10-17/h3-9H,10-11,17H2,1-2H3. The maximum Gasteiger partial charge on any atom is 0.124 e. The van der Waals surface area contributed by atoms with Gasteiger partial charge in [-0.15, -0.1) is 0 Å². The van der Waals surface area contributed by atoms with Gasteiger partial charge in [0.15, 0.2) is 0 Å². The molecule has 0 unspecified atom stereocenters. The summed E-state index contributed by atoms with van der Waals surface area (Å²) < 4.78 is 11.0. The Bertz CT molecular complexity index is 552. The predicted octanol–water partition coefficient (Wildman–Crippen LogP) is 3.04. The zero-order chi connectivity index (χ0) is 13.7. The Morgan fingerprint density at radius 1 is 1.05 bits per heavy atom. The van der Waals surface area contributed by atoms with Gasteiger partial charge in [-0.1, -0.05) is 24.3 Å². The van der Waals surface area contributed by atoms with E-state index in [4.69, 9.17) is 15.2 Å². The van der Waals surface area contributed by atoms with Crippen molar-refractivity contribution in [2.75, 3.05) is 7.11 Å². The van der Waals surface area contributed by atoms with Gasteiger partial charge in [-0.25, -0.2) is 0 Å². The molecule has 0 saturated carbocycles. The molecule has 2 N–H and O–H groups in total.